The lowest BCUT2D eigenvalue weighted by Crippen LogP contribution is -2.15. The second-order valence-electron chi connectivity index (χ2n) is 4.93. The van der Waals surface area contributed by atoms with Gasteiger partial charge in [-0.3, -0.25) is 9.59 Å². The molecule has 0 aliphatic heterocycles. The largest absolute Gasteiger partial charge is 0.462 e. The molecular formula is C16H14F2N2O4S. The van der Waals surface area contributed by atoms with E-state index < -0.39 is 29.4 Å². The average Bonchev–Trinajstić information content (AvgIpc) is 2.86. The van der Waals surface area contributed by atoms with Crippen LogP contribution in [0.4, 0.5) is 13.8 Å². The van der Waals surface area contributed by atoms with E-state index in [1.165, 1.54) is 6.92 Å². The van der Waals surface area contributed by atoms with E-state index in [0.29, 0.717) is 0 Å². The van der Waals surface area contributed by atoms with Crippen molar-refractivity contribution in [2.24, 2.45) is 5.73 Å². The number of primary amides is 1. The highest BCUT2D eigenvalue weighted by molar-refractivity contribution is 7.18. The third kappa shape index (κ3) is 3.82. The molecule has 0 spiro atoms. The van der Waals surface area contributed by atoms with Gasteiger partial charge in [-0.15, -0.1) is 11.3 Å². The molecule has 0 radical (unpaired) electrons. The molecule has 0 saturated heterocycles. The molecule has 0 bridgehead atoms. The number of hydrogen-bond donors (Lipinski definition) is 2. The Morgan fingerprint density at radius 2 is 1.92 bits per heavy atom. The Labute approximate surface area is 145 Å². The quantitative estimate of drug-likeness (QED) is 0.793. The molecule has 0 saturated carbocycles. The van der Waals surface area contributed by atoms with Crippen molar-refractivity contribution in [2.45, 2.75) is 13.8 Å². The van der Waals surface area contributed by atoms with Crippen molar-refractivity contribution in [1.29, 1.82) is 0 Å². The van der Waals surface area contributed by atoms with Crippen LogP contribution in [0.15, 0.2) is 18.2 Å². The van der Waals surface area contributed by atoms with Crippen LogP contribution < -0.4 is 11.1 Å². The first-order chi connectivity index (χ1) is 11.8. The van der Waals surface area contributed by atoms with Gasteiger partial charge in [0, 0.05) is 5.56 Å². The molecule has 3 N–H and O–H groups in total. The minimum Gasteiger partial charge on any atom is -0.462 e. The molecule has 1 aromatic heterocycles. The average molecular weight is 368 g/mol. The van der Waals surface area contributed by atoms with Gasteiger partial charge in [0.2, 0.25) is 0 Å². The predicted molar refractivity (Wildman–Crippen MR) is 87.8 cm³/mol. The summed E-state index contributed by atoms with van der Waals surface area (Å²) >= 11 is 0.804. The molecule has 25 heavy (non-hydrogen) atoms. The second kappa shape index (κ2) is 7.39. The second-order valence-corrected chi connectivity index (χ2v) is 5.95. The van der Waals surface area contributed by atoms with Gasteiger partial charge in [0.05, 0.1) is 17.0 Å². The summed E-state index contributed by atoms with van der Waals surface area (Å²) in [7, 11) is 0. The fourth-order valence-electron chi connectivity index (χ4n) is 2.10. The Balaban J connectivity index is 2.41. The Bertz CT molecular complexity index is 864. The molecule has 6 nitrogen and oxygen atoms in total. The Morgan fingerprint density at radius 1 is 1.24 bits per heavy atom. The van der Waals surface area contributed by atoms with E-state index in [0.717, 1.165) is 29.5 Å². The van der Waals surface area contributed by atoms with E-state index in [-0.39, 0.29) is 33.2 Å². The summed E-state index contributed by atoms with van der Waals surface area (Å²) in [6, 6.07) is 2.63. The standard InChI is InChI=1S/C16H14F2N2O4S/c1-3-24-16(23)11-7(2)12(13(19)21)25-15(11)20-14(22)8-4-5-9(17)10(18)6-8/h4-6H,3H2,1-2H3,(H2,19,21)(H,20,22). The summed E-state index contributed by atoms with van der Waals surface area (Å²) in [6.07, 6.45) is 0. The zero-order valence-corrected chi connectivity index (χ0v) is 14.1. The fraction of sp³-hybridized carbons (Fsp3) is 0.188. The van der Waals surface area contributed by atoms with Gasteiger partial charge in [-0.2, -0.15) is 0 Å². The lowest BCUT2D eigenvalue weighted by molar-refractivity contribution is 0.0527. The SMILES string of the molecule is CCOC(=O)c1c(NC(=O)c2ccc(F)c(F)c2)sc(C(N)=O)c1C. The summed E-state index contributed by atoms with van der Waals surface area (Å²) in [6.45, 7) is 3.20. The molecule has 0 fully saturated rings. The molecule has 1 aromatic carbocycles. The van der Waals surface area contributed by atoms with Gasteiger partial charge in [0.25, 0.3) is 11.8 Å². The van der Waals surface area contributed by atoms with Crippen molar-refractivity contribution in [1.82, 2.24) is 0 Å². The number of halogens is 2. The van der Waals surface area contributed by atoms with Crippen LogP contribution in [-0.4, -0.2) is 24.4 Å². The molecule has 2 rings (SSSR count). The van der Waals surface area contributed by atoms with Crippen LogP contribution >= 0.6 is 11.3 Å². The van der Waals surface area contributed by atoms with Crippen molar-refractivity contribution >= 4 is 34.1 Å². The zero-order valence-electron chi connectivity index (χ0n) is 13.3. The highest BCUT2D eigenvalue weighted by Gasteiger charge is 2.26. The van der Waals surface area contributed by atoms with E-state index in [1.54, 1.807) is 6.92 Å². The number of benzene rings is 1. The minimum absolute atomic E-state index is 0.00316. The van der Waals surface area contributed by atoms with E-state index in [1.807, 2.05) is 0 Å². The van der Waals surface area contributed by atoms with Crippen LogP contribution in [-0.2, 0) is 4.74 Å². The number of hydrogen-bond acceptors (Lipinski definition) is 5. The van der Waals surface area contributed by atoms with E-state index >= 15 is 0 Å². The van der Waals surface area contributed by atoms with Crippen LogP contribution in [0.25, 0.3) is 0 Å². The molecule has 1 heterocycles. The maximum absolute atomic E-state index is 13.3. The summed E-state index contributed by atoms with van der Waals surface area (Å²) < 4.78 is 31.2. The highest BCUT2D eigenvalue weighted by atomic mass is 32.1. The molecule has 0 aliphatic rings. The first-order valence-corrected chi connectivity index (χ1v) is 7.94. The summed E-state index contributed by atoms with van der Waals surface area (Å²) in [5.74, 6) is -4.54. The smallest absolute Gasteiger partial charge is 0.341 e. The third-order valence-electron chi connectivity index (χ3n) is 3.26. The summed E-state index contributed by atoms with van der Waals surface area (Å²) in [5.41, 5.74) is 5.38. The van der Waals surface area contributed by atoms with Crippen LogP contribution in [0, 0.1) is 18.6 Å². The predicted octanol–water partition coefficient (Wildman–Crippen LogP) is 2.86. The van der Waals surface area contributed by atoms with Gasteiger partial charge in [-0.1, -0.05) is 0 Å². The number of carbonyl (C=O) groups excluding carboxylic acids is 3. The van der Waals surface area contributed by atoms with Gasteiger partial charge >= 0.3 is 5.97 Å². The van der Waals surface area contributed by atoms with Crippen molar-refractivity contribution in [3.8, 4) is 0 Å². The molecule has 132 valence electrons. The number of carbonyl (C=O) groups is 3. The maximum atomic E-state index is 13.3. The Kier molecular flexibility index (Phi) is 5.48. The number of ether oxygens (including phenoxy) is 1. The van der Waals surface area contributed by atoms with Gasteiger partial charge in [-0.05, 0) is 37.6 Å². The summed E-state index contributed by atoms with van der Waals surface area (Å²) in [4.78, 5) is 35.9. The van der Waals surface area contributed by atoms with Crippen LogP contribution in [0.5, 0.6) is 0 Å². The molecule has 9 heteroatoms. The molecule has 2 aromatic rings. The minimum atomic E-state index is -1.18. The fourth-order valence-corrected chi connectivity index (χ4v) is 3.14. The van der Waals surface area contributed by atoms with Crippen LogP contribution in [0.3, 0.4) is 0 Å². The van der Waals surface area contributed by atoms with Crippen molar-refractivity contribution in [3.05, 3.63) is 51.4 Å². The third-order valence-corrected chi connectivity index (χ3v) is 4.48. The van der Waals surface area contributed by atoms with E-state index in [9.17, 15) is 23.2 Å². The number of nitrogens with two attached hydrogens (primary N) is 1. The van der Waals surface area contributed by atoms with Crippen molar-refractivity contribution < 1.29 is 27.9 Å². The molecule has 0 atom stereocenters. The maximum Gasteiger partial charge on any atom is 0.341 e. The van der Waals surface area contributed by atoms with Crippen LogP contribution in [0.2, 0.25) is 0 Å². The van der Waals surface area contributed by atoms with Gasteiger partial charge in [-0.25, -0.2) is 13.6 Å². The number of nitrogens with one attached hydrogen (secondary N) is 1. The normalized spacial score (nSPS) is 10.4. The van der Waals surface area contributed by atoms with Crippen molar-refractivity contribution in [3.63, 3.8) is 0 Å². The monoisotopic (exact) mass is 368 g/mol. The number of anilines is 1. The Morgan fingerprint density at radius 3 is 2.48 bits per heavy atom. The highest BCUT2D eigenvalue weighted by Crippen LogP contribution is 2.33. The number of esters is 1. The zero-order chi connectivity index (χ0) is 18.7. The number of amides is 2. The first kappa shape index (κ1) is 18.5. The number of thiophene rings is 1. The van der Waals surface area contributed by atoms with Gasteiger partial charge in [0.1, 0.15) is 5.00 Å². The topological polar surface area (TPSA) is 98.5 Å². The van der Waals surface area contributed by atoms with Gasteiger partial charge < -0.3 is 15.8 Å². The van der Waals surface area contributed by atoms with E-state index in [4.69, 9.17) is 10.5 Å². The number of rotatable bonds is 5. The Hall–Kier alpha value is -2.81. The lowest BCUT2D eigenvalue weighted by atomic mass is 10.1. The summed E-state index contributed by atoms with van der Waals surface area (Å²) in [5, 5.41) is 2.45. The molecule has 0 aliphatic carbocycles. The van der Waals surface area contributed by atoms with Gasteiger partial charge in [0.15, 0.2) is 11.6 Å². The lowest BCUT2D eigenvalue weighted by Gasteiger charge is -2.07. The molecular weight excluding hydrogens is 354 g/mol. The molecule has 2 amide bonds. The molecule has 0 unspecified atom stereocenters. The van der Waals surface area contributed by atoms with E-state index in [2.05, 4.69) is 5.32 Å². The van der Waals surface area contributed by atoms with Crippen molar-refractivity contribution in [2.75, 3.05) is 11.9 Å². The first-order valence-electron chi connectivity index (χ1n) is 7.13. The van der Waals surface area contributed by atoms with Crippen LogP contribution in [0.1, 0.15) is 42.9 Å².